The lowest BCUT2D eigenvalue weighted by atomic mass is 10.0. The van der Waals surface area contributed by atoms with Crippen molar-refractivity contribution in [1.29, 1.82) is 0 Å². The molecule has 2 N–H and O–H groups in total. The molecule has 0 saturated heterocycles. The zero-order valence-corrected chi connectivity index (χ0v) is 14.0. The highest BCUT2D eigenvalue weighted by Gasteiger charge is 2.38. The Morgan fingerprint density at radius 3 is 2.10 bits per heavy atom. The highest BCUT2D eigenvalue weighted by molar-refractivity contribution is 8.01. The van der Waals surface area contributed by atoms with Gasteiger partial charge < -0.3 is 19.9 Å². The predicted molar refractivity (Wildman–Crippen MR) is 79.3 cm³/mol. The fourth-order valence-corrected chi connectivity index (χ4v) is 2.28. The molecule has 8 heteroatoms. The van der Waals surface area contributed by atoms with E-state index >= 15 is 0 Å². The minimum atomic E-state index is -1.21. The Kier molecular flexibility index (Phi) is 7.02. The fraction of sp³-hybridized carbons (Fsp3) is 0.769. The molecule has 0 saturated carbocycles. The van der Waals surface area contributed by atoms with Crippen LogP contribution in [0.2, 0.25) is 0 Å². The lowest BCUT2D eigenvalue weighted by Crippen LogP contribution is -2.53. The second-order valence-corrected chi connectivity index (χ2v) is 7.52. The number of esters is 1. The van der Waals surface area contributed by atoms with Crippen molar-refractivity contribution in [3.63, 3.8) is 0 Å². The Hall–Kier alpha value is -1.44. The van der Waals surface area contributed by atoms with E-state index in [9.17, 15) is 19.5 Å². The van der Waals surface area contributed by atoms with Crippen molar-refractivity contribution in [3.05, 3.63) is 0 Å². The summed E-state index contributed by atoms with van der Waals surface area (Å²) in [6.45, 7) is 8.28. The van der Waals surface area contributed by atoms with E-state index in [0.717, 1.165) is 11.8 Å². The zero-order chi connectivity index (χ0) is 16.8. The van der Waals surface area contributed by atoms with Crippen LogP contribution in [-0.4, -0.2) is 52.4 Å². The maximum absolute atomic E-state index is 11.7. The van der Waals surface area contributed by atoms with E-state index < -0.39 is 34.4 Å². The first kappa shape index (κ1) is 19.6. The molecule has 0 rings (SSSR count). The topological polar surface area (TPSA) is 102 Å². The van der Waals surface area contributed by atoms with Gasteiger partial charge in [-0.05, 0) is 34.6 Å². The number of carboxylic acid groups (broad SMARTS) is 1. The zero-order valence-electron chi connectivity index (χ0n) is 13.2. The molecule has 7 nitrogen and oxygen atoms in total. The summed E-state index contributed by atoms with van der Waals surface area (Å²) in [5.41, 5.74) is -0.726. The quantitative estimate of drug-likeness (QED) is 0.717. The number of rotatable bonds is 6. The Morgan fingerprint density at radius 1 is 1.19 bits per heavy atom. The first-order chi connectivity index (χ1) is 9.39. The number of carboxylic acids is 1. The largest absolute Gasteiger partial charge is 0.480 e. The summed E-state index contributed by atoms with van der Waals surface area (Å²) in [6, 6.07) is -1.21. The molecular formula is C13H23NO6S. The van der Waals surface area contributed by atoms with Crippen molar-refractivity contribution in [3.8, 4) is 0 Å². The van der Waals surface area contributed by atoms with E-state index in [1.807, 2.05) is 0 Å². The van der Waals surface area contributed by atoms with Crippen molar-refractivity contribution in [2.75, 3.05) is 12.9 Å². The number of carbonyl (C=O) groups is 3. The van der Waals surface area contributed by atoms with Crippen LogP contribution in [0.15, 0.2) is 0 Å². The third-order valence-corrected chi connectivity index (χ3v) is 3.75. The number of aliphatic carboxylic acids is 1. The molecule has 1 amide bonds. The average Bonchev–Trinajstić information content (AvgIpc) is 2.30. The summed E-state index contributed by atoms with van der Waals surface area (Å²) in [5.74, 6) is -1.68. The molecule has 0 heterocycles. The lowest BCUT2D eigenvalue weighted by Gasteiger charge is -2.31. The second-order valence-electron chi connectivity index (χ2n) is 5.89. The summed E-state index contributed by atoms with van der Waals surface area (Å²) < 4.78 is 8.64. The Bertz CT molecular complexity index is 402. The van der Waals surface area contributed by atoms with Crippen molar-refractivity contribution in [2.24, 2.45) is 0 Å². The maximum Gasteiger partial charge on any atom is 0.408 e. The summed E-state index contributed by atoms with van der Waals surface area (Å²) in [6.07, 6.45) is -0.818. The smallest absolute Gasteiger partial charge is 0.408 e. The average molecular weight is 321 g/mol. The van der Waals surface area contributed by atoms with Gasteiger partial charge in [-0.25, -0.2) is 9.59 Å². The molecule has 0 fully saturated rings. The molecule has 21 heavy (non-hydrogen) atoms. The number of carbonyl (C=O) groups excluding carboxylic acids is 2. The van der Waals surface area contributed by atoms with Gasteiger partial charge in [-0.2, -0.15) is 0 Å². The third-order valence-electron chi connectivity index (χ3n) is 2.39. The minimum Gasteiger partial charge on any atom is -0.480 e. The summed E-state index contributed by atoms with van der Waals surface area (Å²) >= 11 is 1.08. The maximum atomic E-state index is 11.7. The van der Waals surface area contributed by atoms with Crippen LogP contribution >= 0.6 is 11.8 Å². The lowest BCUT2D eigenvalue weighted by molar-refractivity contribution is -0.140. The number of thioether (sulfide) groups is 1. The van der Waals surface area contributed by atoms with E-state index in [4.69, 9.17) is 4.74 Å². The van der Waals surface area contributed by atoms with Crippen molar-refractivity contribution in [2.45, 2.75) is 51.0 Å². The van der Waals surface area contributed by atoms with Gasteiger partial charge >= 0.3 is 18.0 Å². The van der Waals surface area contributed by atoms with Gasteiger partial charge in [0.2, 0.25) is 0 Å². The highest BCUT2D eigenvalue weighted by Crippen LogP contribution is 2.29. The van der Waals surface area contributed by atoms with Gasteiger partial charge in [-0.1, -0.05) is 0 Å². The van der Waals surface area contributed by atoms with Crippen LogP contribution < -0.4 is 5.32 Å². The van der Waals surface area contributed by atoms with Gasteiger partial charge in [0.15, 0.2) is 0 Å². The molecule has 1 unspecified atom stereocenters. The Morgan fingerprint density at radius 2 is 1.71 bits per heavy atom. The van der Waals surface area contributed by atoms with Crippen LogP contribution in [0.3, 0.4) is 0 Å². The molecule has 0 aromatic heterocycles. The van der Waals surface area contributed by atoms with Gasteiger partial charge in [0.1, 0.15) is 11.6 Å². The van der Waals surface area contributed by atoms with Gasteiger partial charge in [-0.3, -0.25) is 4.79 Å². The molecule has 0 radical (unpaired) electrons. The van der Waals surface area contributed by atoms with Crippen molar-refractivity contribution < 1.29 is 29.0 Å². The van der Waals surface area contributed by atoms with Gasteiger partial charge in [0, 0.05) is 4.75 Å². The molecule has 122 valence electrons. The van der Waals surface area contributed by atoms with E-state index in [-0.39, 0.29) is 5.75 Å². The fourth-order valence-electron chi connectivity index (χ4n) is 1.35. The standard InChI is InChI=1S/C13H23NO6S/c1-12(2,3)20-11(18)14-9(10(16)17)13(4,5)21-7-8(15)19-6/h9H,7H2,1-6H3,(H,14,18)(H,16,17). The first-order valence-corrected chi connectivity index (χ1v) is 7.30. The van der Waals surface area contributed by atoms with E-state index in [2.05, 4.69) is 10.1 Å². The molecule has 0 aromatic rings. The molecule has 0 aromatic carbocycles. The van der Waals surface area contributed by atoms with Crippen LogP contribution in [-0.2, 0) is 19.1 Å². The predicted octanol–water partition coefficient (Wildman–Crippen LogP) is 1.65. The SMILES string of the molecule is COC(=O)CSC(C)(C)C(NC(=O)OC(C)(C)C)C(=O)O. The van der Waals surface area contributed by atoms with Crippen molar-refractivity contribution >= 4 is 29.8 Å². The summed E-state index contributed by atoms with van der Waals surface area (Å²) in [7, 11) is 1.25. The number of amides is 1. The molecular weight excluding hydrogens is 298 g/mol. The highest BCUT2D eigenvalue weighted by atomic mass is 32.2. The van der Waals surface area contributed by atoms with E-state index in [0.29, 0.717) is 0 Å². The number of ether oxygens (including phenoxy) is 2. The molecule has 0 aliphatic heterocycles. The van der Waals surface area contributed by atoms with Crippen LogP contribution in [0.5, 0.6) is 0 Å². The van der Waals surface area contributed by atoms with Crippen LogP contribution in [0.4, 0.5) is 4.79 Å². The normalized spacial score (nSPS) is 13.2. The van der Waals surface area contributed by atoms with Gasteiger partial charge in [0.05, 0.1) is 12.9 Å². The summed E-state index contributed by atoms with van der Waals surface area (Å²) in [5, 5.41) is 11.6. The van der Waals surface area contributed by atoms with Crippen molar-refractivity contribution in [1.82, 2.24) is 5.32 Å². The molecule has 1 atom stereocenters. The Balaban J connectivity index is 4.84. The van der Waals surface area contributed by atoms with Gasteiger partial charge in [-0.15, -0.1) is 11.8 Å². The number of nitrogens with one attached hydrogen (secondary N) is 1. The monoisotopic (exact) mass is 321 g/mol. The number of methoxy groups -OCH3 is 1. The summed E-state index contributed by atoms with van der Waals surface area (Å²) in [4.78, 5) is 34.2. The Labute approximate surface area is 128 Å². The number of hydrogen-bond acceptors (Lipinski definition) is 6. The van der Waals surface area contributed by atoms with Gasteiger partial charge in [0.25, 0.3) is 0 Å². The minimum absolute atomic E-state index is 0.0106. The second kappa shape index (κ2) is 7.53. The molecule has 0 bridgehead atoms. The van der Waals surface area contributed by atoms with Crippen LogP contribution in [0.1, 0.15) is 34.6 Å². The van der Waals surface area contributed by atoms with Crippen LogP contribution in [0, 0.1) is 0 Å². The number of alkyl carbamates (subject to hydrolysis) is 1. The third kappa shape index (κ3) is 7.79. The number of hydrogen-bond donors (Lipinski definition) is 2. The molecule has 0 aliphatic carbocycles. The first-order valence-electron chi connectivity index (χ1n) is 6.32. The van der Waals surface area contributed by atoms with E-state index in [1.54, 1.807) is 34.6 Å². The van der Waals surface area contributed by atoms with Crippen LogP contribution in [0.25, 0.3) is 0 Å². The molecule has 0 aliphatic rings. The molecule has 0 spiro atoms. The van der Waals surface area contributed by atoms with E-state index in [1.165, 1.54) is 7.11 Å².